The maximum absolute atomic E-state index is 13.5. The van der Waals surface area contributed by atoms with Gasteiger partial charge in [-0.15, -0.1) is 0 Å². The summed E-state index contributed by atoms with van der Waals surface area (Å²) >= 11 is 5.78. The Kier molecular flexibility index (Phi) is 2.56. The fourth-order valence-corrected chi connectivity index (χ4v) is 1.76. The second-order valence-corrected chi connectivity index (χ2v) is 3.92. The van der Waals surface area contributed by atoms with Crippen molar-refractivity contribution in [2.45, 2.75) is 0 Å². The number of aromatic amines is 1. The van der Waals surface area contributed by atoms with Crippen molar-refractivity contribution in [1.29, 1.82) is 0 Å². The van der Waals surface area contributed by atoms with E-state index in [-0.39, 0.29) is 11.1 Å². The van der Waals surface area contributed by atoms with Crippen molar-refractivity contribution < 1.29 is 4.39 Å². The second-order valence-electron chi connectivity index (χ2n) is 3.58. The molecule has 0 unspecified atom stereocenters. The zero-order chi connectivity index (χ0) is 12.5. The lowest BCUT2D eigenvalue weighted by molar-refractivity contribution is 0.632. The minimum atomic E-state index is -0.371. The van der Waals surface area contributed by atoms with Gasteiger partial charge in [-0.3, -0.25) is 5.10 Å². The molecule has 0 saturated carbocycles. The number of nitrogens with zero attached hydrogens (tertiary/aromatic N) is 3. The molecule has 90 valence electrons. The predicted octanol–water partition coefficient (Wildman–Crippen LogP) is 2.89. The quantitative estimate of drug-likeness (QED) is 0.698. The highest BCUT2D eigenvalue weighted by Gasteiger charge is 2.10. The molecule has 3 rings (SSSR count). The lowest BCUT2D eigenvalue weighted by Crippen LogP contribution is -1.98. The van der Waals surface area contributed by atoms with Crippen LogP contribution in [-0.4, -0.2) is 20.2 Å². The highest BCUT2D eigenvalue weighted by Crippen LogP contribution is 2.24. The topological polar surface area (TPSA) is 66.5 Å². The fourth-order valence-electron chi connectivity index (χ4n) is 1.59. The number of H-pyrrole nitrogens is 1. The molecule has 2 aromatic heterocycles. The van der Waals surface area contributed by atoms with Gasteiger partial charge >= 0.3 is 0 Å². The summed E-state index contributed by atoms with van der Waals surface area (Å²) in [6.07, 6.45) is 1.55. The number of anilines is 2. The van der Waals surface area contributed by atoms with Crippen molar-refractivity contribution in [2.24, 2.45) is 0 Å². The van der Waals surface area contributed by atoms with Gasteiger partial charge in [0.15, 0.2) is 5.65 Å². The summed E-state index contributed by atoms with van der Waals surface area (Å²) < 4.78 is 13.5. The highest BCUT2D eigenvalue weighted by atomic mass is 35.5. The van der Waals surface area contributed by atoms with E-state index in [0.717, 1.165) is 0 Å². The molecule has 0 fully saturated rings. The minimum Gasteiger partial charge on any atom is -0.337 e. The Balaban J connectivity index is 2.10. The average Bonchev–Trinajstić information content (AvgIpc) is 2.80. The van der Waals surface area contributed by atoms with E-state index in [1.807, 2.05) is 0 Å². The van der Waals surface area contributed by atoms with Gasteiger partial charge in [-0.25, -0.2) is 4.39 Å². The summed E-state index contributed by atoms with van der Waals surface area (Å²) in [6, 6.07) is 6.30. The van der Waals surface area contributed by atoms with Gasteiger partial charge in [0, 0.05) is 0 Å². The van der Waals surface area contributed by atoms with Crippen LogP contribution in [0, 0.1) is 5.82 Å². The summed E-state index contributed by atoms with van der Waals surface area (Å²) in [7, 11) is 0. The molecule has 7 heteroatoms. The van der Waals surface area contributed by atoms with Crippen LogP contribution < -0.4 is 5.32 Å². The third kappa shape index (κ3) is 1.86. The Morgan fingerprint density at radius 3 is 2.89 bits per heavy atom. The lowest BCUT2D eigenvalue weighted by Gasteiger charge is -2.07. The molecular formula is C11H7ClFN5. The first kappa shape index (κ1) is 10.9. The van der Waals surface area contributed by atoms with Gasteiger partial charge in [0.1, 0.15) is 11.6 Å². The first-order valence-electron chi connectivity index (χ1n) is 5.12. The van der Waals surface area contributed by atoms with Crippen molar-refractivity contribution in [3.63, 3.8) is 0 Å². The van der Waals surface area contributed by atoms with Crippen LogP contribution in [0.2, 0.25) is 5.28 Å². The first-order chi connectivity index (χ1) is 8.74. The van der Waals surface area contributed by atoms with E-state index in [1.165, 1.54) is 6.07 Å². The molecule has 0 radical (unpaired) electrons. The van der Waals surface area contributed by atoms with Gasteiger partial charge in [-0.05, 0) is 23.7 Å². The smallest absolute Gasteiger partial charge is 0.226 e. The molecule has 1 aromatic carbocycles. The summed E-state index contributed by atoms with van der Waals surface area (Å²) in [5.41, 5.74) is 0.809. The molecule has 0 atom stereocenters. The van der Waals surface area contributed by atoms with E-state index < -0.39 is 0 Å². The Bertz CT molecular complexity index is 711. The van der Waals surface area contributed by atoms with Gasteiger partial charge in [-0.2, -0.15) is 15.1 Å². The lowest BCUT2D eigenvalue weighted by atomic mass is 10.3. The Morgan fingerprint density at radius 1 is 1.22 bits per heavy atom. The van der Waals surface area contributed by atoms with E-state index in [9.17, 15) is 4.39 Å². The normalized spacial score (nSPS) is 10.8. The van der Waals surface area contributed by atoms with Crippen LogP contribution >= 0.6 is 11.6 Å². The molecule has 0 aliphatic heterocycles. The molecule has 0 aliphatic rings. The van der Waals surface area contributed by atoms with E-state index in [2.05, 4.69) is 25.5 Å². The zero-order valence-electron chi connectivity index (χ0n) is 8.98. The fraction of sp³-hybridized carbons (Fsp3) is 0. The molecule has 2 heterocycles. The third-order valence-corrected chi connectivity index (χ3v) is 2.58. The number of para-hydroxylation sites is 1. The van der Waals surface area contributed by atoms with Crippen LogP contribution in [0.5, 0.6) is 0 Å². The van der Waals surface area contributed by atoms with Gasteiger partial charge in [-0.1, -0.05) is 12.1 Å². The molecule has 3 aromatic rings. The van der Waals surface area contributed by atoms with Crippen LogP contribution in [-0.2, 0) is 0 Å². The summed E-state index contributed by atoms with van der Waals surface area (Å²) in [6.45, 7) is 0. The van der Waals surface area contributed by atoms with E-state index >= 15 is 0 Å². The number of hydrogen-bond donors (Lipinski definition) is 2. The molecule has 0 bridgehead atoms. The molecule has 0 saturated heterocycles. The number of nitrogens with one attached hydrogen (secondary N) is 2. The van der Waals surface area contributed by atoms with Crippen molar-refractivity contribution in [3.05, 3.63) is 41.6 Å². The van der Waals surface area contributed by atoms with Gasteiger partial charge < -0.3 is 5.32 Å². The number of benzene rings is 1. The molecular weight excluding hydrogens is 257 g/mol. The predicted molar refractivity (Wildman–Crippen MR) is 66.4 cm³/mol. The number of aromatic nitrogens is 4. The minimum absolute atomic E-state index is 0.0607. The van der Waals surface area contributed by atoms with E-state index in [0.29, 0.717) is 22.5 Å². The molecule has 5 nitrogen and oxygen atoms in total. The van der Waals surface area contributed by atoms with Crippen LogP contribution in [0.15, 0.2) is 30.5 Å². The SMILES string of the molecule is Fc1ccccc1Nc1nc(Cl)nc2[nH]ncc12. The zero-order valence-corrected chi connectivity index (χ0v) is 9.74. The molecule has 0 aliphatic carbocycles. The number of fused-ring (bicyclic) bond motifs is 1. The van der Waals surface area contributed by atoms with Gasteiger partial charge in [0.25, 0.3) is 0 Å². The van der Waals surface area contributed by atoms with E-state index in [4.69, 9.17) is 11.6 Å². The standard InChI is InChI=1S/C11H7ClFN5/c12-11-16-9(6-5-14-18-10(6)17-11)15-8-4-2-1-3-7(8)13/h1-5H,(H2,14,15,16,17,18). The molecule has 2 N–H and O–H groups in total. The van der Waals surface area contributed by atoms with Crippen molar-refractivity contribution >= 4 is 34.1 Å². The number of rotatable bonds is 2. The number of halogens is 2. The van der Waals surface area contributed by atoms with Crippen molar-refractivity contribution in [3.8, 4) is 0 Å². The van der Waals surface area contributed by atoms with Crippen LogP contribution in [0.4, 0.5) is 15.9 Å². The van der Waals surface area contributed by atoms with E-state index in [1.54, 1.807) is 24.4 Å². The maximum atomic E-state index is 13.5. The largest absolute Gasteiger partial charge is 0.337 e. The van der Waals surface area contributed by atoms with Gasteiger partial charge in [0.2, 0.25) is 5.28 Å². The van der Waals surface area contributed by atoms with Crippen molar-refractivity contribution in [1.82, 2.24) is 20.2 Å². The van der Waals surface area contributed by atoms with Crippen LogP contribution in [0.1, 0.15) is 0 Å². The Labute approximate surface area is 106 Å². The summed E-state index contributed by atoms with van der Waals surface area (Å²) in [5.74, 6) is 0.0349. The maximum Gasteiger partial charge on any atom is 0.226 e. The van der Waals surface area contributed by atoms with Gasteiger partial charge in [0.05, 0.1) is 17.3 Å². The third-order valence-electron chi connectivity index (χ3n) is 2.41. The highest BCUT2D eigenvalue weighted by molar-refractivity contribution is 6.28. The average molecular weight is 264 g/mol. The number of hydrogen-bond acceptors (Lipinski definition) is 4. The molecule has 18 heavy (non-hydrogen) atoms. The van der Waals surface area contributed by atoms with Crippen molar-refractivity contribution in [2.75, 3.05) is 5.32 Å². The molecule has 0 spiro atoms. The Morgan fingerprint density at radius 2 is 2.06 bits per heavy atom. The monoisotopic (exact) mass is 263 g/mol. The summed E-state index contributed by atoms with van der Waals surface area (Å²) in [5, 5.41) is 10.1. The van der Waals surface area contributed by atoms with Crippen LogP contribution in [0.3, 0.4) is 0 Å². The first-order valence-corrected chi connectivity index (χ1v) is 5.50. The summed E-state index contributed by atoms with van der Waals surface area (Å²) in [4.78, 5) is 7.99. The molecule has 0 amide bonds. The van der Waals surface area contributed by atoms with Crippen LogP contribution in [0.25, 0.3) is 11.0 Å². The Hall–Kier alpha value is -2.21. The second kappa shape index (κ2) is 4.23.